The van der Waals surface area contributed by atoms with Crippen molar-refractivity contribution in [3.8, 4) is 0 Å². The summed E-state index contributed by atoms with van der Waals surface area (Å²) >= 11 is 0. The molecule has 0 aliphatic carbocycles. The van der Waals surface area contributed by atoms with E-state index in [2.05, 4.69) is 23.6 Å². The number of rotatable bonds is 6. The van der Waals surface area contributed by atoms with Gasteiger partial charge in [0.15, 0.2) is 0 Å². The van der Waals surface area contributed by atoms with Crippen molar-refractivity contribution in [2.75, 3.05) is 11.9 Å². The highest BCUT2D eigenvalue weighted by atomic mass is 19.1. The first-order valence-corrected chi connectivity index (χ1v) is 8.51. The number of halogens is 1. The van der Waals surface area contributed by atoms with Gasteiger partial charge in [-0.3, -0.25) is 9.59 Å². The summed E-state index contributed by atoms with van der Waals surface area (Å²) in [5.41, 5.74) is 3.83. The molecular formula is C20H21FN2O2. The van der Waals surface area contributed by atoms with Gasteiger partial charge < -0.3 is 10.6 Å². The van der Waals surface area contributed by atoms with Crippen LogP contribution in [0.25, 0.3) is 0 Å². The van der Waals surface area contributed by atoms with Crippen LogP contribution in [-0.4, -0.2) is 18.4 Å². The van der Waals surface area contributed by atoms with E-state index < -0.39 is 0 Å². The Kier molecular flexibility index (Phi) is 5.12. The van der Waals surface area contributed by atoms with Crippen molar-refractivity contribution in [2.24, 2.45) is 0 Å². The second kappa shape index (κ2) is 7.47. The van der Waals surface area contributed by atoms with Crippen LogP contribution in [0.5, 0.6) is 0 Å². The summed E-state index contributed by atoms with van der Waals surface area (Å²) in [5.74, 6) is -0.697. The topological polar surface area (TPSA) is 58.2 Å². The Morgan fingerprint density at radius 1 is 1.16 bits per heavy atom. The van der Waals surface area contributed by atoms with Gasteiger partial charge in [0.1, 0.15) is 5.82 Å². The molecule has 0 radical (unpaired) electrons. The number of fused-ring (bicyclic) bond motifs is 1. The zero-order chi connectivity index (χ0) is 17.8. The third kappa shape index (κ3) is 4.05. The third-order valence-electron chi connectivity index (χ3n) is 4.51. The number of hydrogen-bond donors (Lipinski definition) is 2. The SMILES string of the molecule is CCc1ccc2c(c1)[C@@H](CCNC(=O)Cc1ccc(F)cc1)C(=O)N2. The van der Waals surface area contributed by atoms with Gasteiger partial charge in [-0.1, -0.05) is 31.2 Å². The zero-order valence-corrected chi connectivity index (χ0v) is 14.1. The van der Waals surface area contributed by atoms with E-state index in [-0.39, 0.29) is 30.0 Å². The summed E-state index contributed by atoms with van der Waals surface area (Å²) in [5, 5.41) is 5.73. The van der Waals surface area contributed by atoms with Crippen LogP contribution in [0, 0.1) is 5.82 Å². The molecule has 25 heavy (non-hydrogen) atoms. The molecule has 3 rings (SSSR count). The van der Waals surface area contributed by atoms with Gasteiger partial charge in [-0.15, -0.1) is 0 Å². The van der Waals surface area contributed by atoms with Crippen molar-refractivity contribution in [3.05, 3.63) is 65.0 Å². The van der Waals surface area contributed by atoms with Crippen LogP contribution >= 0.6 is 0 Å². The average Bonchev–Trinajstić information content (AvgIpc) is 2.92. The molecule has 1 aliphatic heterocycles. The van der Waals surface area contributed by atoms with Crippen LogP contribution in [0.15, 0.2) is 42.5 Å². The van der Waals surface area contributed by atoms with Crippen molar-refractivity contribution in [3.63, 3.8) is 0 Å². The van der Waals surface area contributed by atoms with Gasteiger partial charge in [0.25, 0.3) is 0 Å². The molecule has 1 aliphatic rings. The molecule has 1 heterocycles. The Labute approximate surface area is 146 Å². The Hall–Kier alpha value is -2.69. The fourth-order valence-corrected chi connectivity index (χ4v) is 3.09. The van der Waals surface area contributed by atoms with E-state index in [0.717, 1.165) is 23.2 Å². The average molecular weight is 340 g/mol. The lowest BCUT2D eigenvalue weighted by molar-refractivity contribution is -0.121. The Morgan fingerprint density at radius 2 is 1.88 bits per heavy atom. The minimum absolute atomic E-state index is 0.0176. The monoisotopic (exact) mass is 340 g/mol. The maximum absolute atomic E-state index is 12.9. The summed E-state index contributed by atoms with van der Waals surface area (Å²) in [6.07, 6.45) is 1.68. The van der Waals surface area contributed by atoms with Crippen LogP contribution < -0.4 is 10.6 Å². The molecule has 0 bridgehead atoms. The maximum atomic E-state index is 12.9. The number of hydrogen-bond acceptors (Lipinski definition) is 2. The third-order valence-corrected chi connectivity index (χ3v) is 4.51. The number of benzene rings is 2. The molecular weight excluding hydrogens is 319 g/mol. The zero-order valence-electron chi connectivity index (χ0n) is 14.1. The predicted molar refractivity (Wildman–Crippen MR) is 94.9 cm³/mol. The summed E-state index contributed by atoms with van der Waals surface area (Å²) in [6.45, 7) is 2.50. The van der Waals surface area contributed by atoms with Crippen molar-refractivity contribution >= 4 is 17.5 Å². The van der Waals surface area contributed by atoms with Crippen LogP contribution in [0.4, 0.5) is 10.1 Å². The van der Waals surface area contributed by atoms with Gasteiger partial charge in [0, 0.05) is 12.2 Å². The molecule has 1 atom stereocenters. The van der Waals surface area contributed by atoms with Crippen molar-refractivity contribution < 1.29 is 14.0 Å². The first-order chi connectivity index (χ1) is 12.1. The lowest BCUT2D eigenvalue weighted by Gasteiger charge is -2.11. The van der Waals surface area contributed by atoms with E-state index in [9.17, 15) is 14.0 Å². The summed E-state index contributed by atoms with van der Waals surface area (Å²) < 4.78 is 12.9. The van der Waals surface area contributed by atoms with Crippen molar-refractivity contribution in [2.45, 2.75) is 32.1 Å². The van der Waals surface area contributed by atoms with E-state index in [1.807, 2.05) is 12.1 Å². The largest absolute Gasteiger partial charge is 0.356 e. The number of nitrogens with one attached hydrogen (secondary N) is 2. The van der Waals surface area contributed by atoms with E-state index in [1.54, 1.807) is 12.1 Å². The first-order valence-electron chi connectivity index (χ1n) is 8.51. The number of anilines is 1. The fraction of sp³-hybridized carbons (Fsp3) is 0.300. The number of aryl methyl sites for hydroxylation is 1. The summed E-state index contributed by atoms with van der Waals surface area (Å²) in [4.78, 5) is 24.2. The number of carbonyl (C=O) groups excluding carboxylic acids is 2. The van der Waals surface area contributed by atoms with Crippen LogP contribution in [0.2, 0.25) is 0 Å². The highest BCUT2D eigenvalue weighted by Crippen LogP contribution is 2.35. The second-order valence-corrected chi connectivity index (χ2v) is 6.26. The molecule has 0 fully saturated rings. The van der Waals surface area contributed by atoms with Crippen LogP contribution in [0.3, 0.4) is 0 Å². The van der Waals surface area contributed by atoms with Crippen molar-refractivity contribution in [1.29, 1.82) is 0 Å². The molecule has 0 unspecified atom stereocenters. The highest BCUT2D eigenvalue weighted by Gasteiger charge is 2.30. The van der Waals surface area contributed by atoms with Crippen molar-refractivity contribution in [1.82, 2.24) is 5.32 Å². The second-order valence-electron chi connectivity index (χ2n) is 6.26. The fourth-order valence-electron chi connectivity index (χ4n) is 3.09. The Morgan fingerprint density at radius 3 is 2.60 bits per heavy atom. The lowest BCUT2D eigenvalue weighted by Crippen LogP contribution is -2.28. The molecule has 2 N–H and O–H groups in total. The molecule has 2 aromatic rings. The van der Waals surface area contributed by atoms with Gasteiger partial charge in [-0.25, -0.2) is 4.39 Å². The molecule has 0 saturated heterocycles. The molecule has 0 spiro atoms. The molecule has 2 aromatic carbocycles. The normalized spacial score (nSPS) is 15.6. The summed E-state index contributed by atoms with van der Waals surface area (Å²) in [6, 6.07) is 11.9. The Bertz CT molecular complexity index is 787. The van der Waals surface area contributed by atoms with E-state index in [0.29, 0.717) is 13.0 Å². The molecule has 0 aromatic heterocycles. The molecule has 5 heteroatoms. The molecule has 4 nitrogen and oxygen atoms in total. The van der Waals surface area contributed by atoms with Gasteiger partial charge in [0.05, 0.1) is 12.3 Å². The van der Waals surface area contributed by atoms with Gasteiger partial charge in [-0.2, -0.15) is 0 Å². The van der Waals surface area contributed by atoms with Gasteiger partial charge in [0.2, 0.25) is 11.8 Å². The first kappa shape index (κ1) is 17.1. The number of carbonyl (C=O) groups is 2. The quantitative estimate of drug-likeness (QED) is 0.848. The van der Waals surface area contributed by atoms with E-state index >= 15 is 0 Å². The van der Waals surface area contributed by atoms with Crippen LogP contribution in [0.1, 0.15) is 36.0 Å². The van der Waals surface area contributed by atoms with Gasteiger partial charge in [-0.05, 0) is 47.7 Å². The standard InChI is InChI=1S/C20H21FN2O2/c1-2-13-5-8-18-17(11-13)16(20(25)23-18)9-10-22-19(24)12-14-3-6-15(21)7-4-14/h3-8,11,16H,2,9-10,12H2,1H3,(H,22,24)(H,23,25)/t16-/m1/s1. The molecule has 130 valence electrons. The maximum Gasteiger partial charge on any atom is 0.232 e. The highest BCUT2D eigenvalue weighted by molar-refractivity contribution is 6.02. The van der Waals surface area contributed by atoms with E-state index in [1.165, 1.54) is 17.7 Å². The molecule has 2 amide bonds. The minimum atomic E-state index is -0.318. The van der Waals surface area contributed by atoms with Crippen LogP contribution in [-0.2, 0) is 22.4 Å². The Balaban J connectivity index is 1.54. The predicted octanol–water partition coefficient (Wildman–Crippen LogP) is 3.17. The molecule has 0 saturated carbocycles. The summed E-state index contributed by atoms with van der Waals surface area (Å²) in [7, 11) is 0. The van der Waals surface area contributed by atoms with E-state index in [4.69, 9.17) is 0 Å². The minimum Gasteiger partial charge on any atom is -0.356 e. The lowest BCUT2D eigenvalue weighted by atomic mass is 9.95. The number of amides is 2. The van der Waals surface area contributed by atoms with Gasteiger partial charge >= 0.3 is 0 Å². The smallest absolute Gasteiger partial charge is 0.232 e.